The van der Waals surface area contributed by atoms with Gasteiger partial charge in [0.25, 0.3) is 0 Å². The first-order chi connectivity index (χ1) is 8.96. The minimum absolute atomic E-state index is 0.524. The molecule has 1 rings (SSSR count). The number of rotatable bonds is 6. The summed E-state index contributed by atoms with van der Waals surface area (Å²) in [6.07, 6.45) is 1.10. The minimum Gasteiger partial charge on any atom is -0.494 e. The molecule has 0 aliphatic heterocycles. The molecule has 0 radical (unpaired) electrons. The molecule has 108 valence electrons. The van der Waals surface area contributed by atoms with E-state index in [-0.39, 0.29) is 0 Å². The number of ether oxygens (including phenoxy) is 1. The Kier molecular flexibility index (Phi) is 5.67. The number of benzene rings is 1. The van der Waals surface area contributed by atoms with E-state index in [1.807, 2.05) is 0 Å². The summed E-state index contributed by atoms with van der Waals surface area (Å²) in [5.41, 5.74) is 10.8. The van der Waals surface area contributed by atoms with Crippen molar-refractivity contribution in [2.24, 2.45) is 11.7 Å². The third-order valence-corrected chi connectivity index (χ3v) is 3.98. The average molecular weight is 264 g/mol. The van der Waals surface area contributed by atoms with Crippen LogP contribution < -0.4 is 15.4 Å². The van der Waals surface area contributed by atoms with Crippen molar-refractivity contribution in [3.8, 4) is 5.75 Å². The summed E-state index contributed by atoms with van der Waals surface area (Å²) in [4.78, 5) is 2.28. The molecular formula is C16H28N2O. The van der Waals surface area contributed by atoms with Crippen molar-refractivity contribution < 1.29 is 4.74 Å². The van der Waals surface area contributed by atoms with Crippen LogP contribution in [0.25, 0.3) is 0 Å². The van der Waals surface area contributed by atoms with Gasteiger partial charge in [0.1, 0.15) is 5.75 Å². The molecule has 0 saturated carbocycles. The molecule has 1 aromatic rings. The Morgan fingerprint density at radius 1 is 1.26 bits per heavy atom. The van der Waals surface area contributed by atoms with Gasteiger partial charge in [0.15, 0.2) is 0 Å². The van der Waals surface area contributed by atoms with Crippen molar-refractivity contribution in [1.82, 2.24) is 0 Å². The zero-order valence-electron chi connectivity index (χ0n) is 13.2. The summed E-state index contributed by atoms with van der Waals surface area (Å²) >= 11 is 0. The van der Waals surface area contributed by atoms with E-state index < -0.39 is 0 Å². The van der Waals surface area contributed by atoms with Gasteiger partial charge in [-0.2, -0.15) is 0 Å². The molecule has 1 aromatic carbocycles. The molecule has 0 aliphatic carbocycles. The second-order valence-electron chi connectivity index (χ2n) is 5.41. The van der Waals surface area contributed by atoms with E-state index in [0.29, 0.717) is 5.92 Å². The van der Waals surface area contributed by atoms with Gasteiger partial charge in [-0.05, 0) is 49.9 Å². The first-order valence-electron chi connectivity index (χ1n) is 7.02. The number of hydrogen-bond acceptors (Lipinski definition) is 3. The molecule has 0 spiro atoms. The van der Waals surface area contributed by atoms with Crippen LogP contribution in [-0.2, 0) is 0 Å². The largest absolute Gasteiger partial charge is 0.494 e. The van der Waals surface area contributed by atoms with E-state index in [2.05, 4.69) is 45.7 Å². The molecule has 2 N–H and O–H groups in total. The first-order valence-corrected chi connectivity index (χ1v) is 7.02. The number of methoxy groups -OCH3 is 1. The van der Waals surface area contributed by atoms with Crippen molar-refractivity contribution in [3.63, 3.8) is 0 Å². The molecule has 0 saturated heterocycles. The average Bonchev–Trinajstić information content (AvgIpc) is 2.39. The predicted molar refractivity (Wildman–Crippen MR) is 83.3 cm³/mol. The quantitative estimate of drug-likeness (QED) is 0.858. The molecule has 1 unspecified atom stereocenters. The van der Waals surface area contributed by atoms with Gasteiger partial charge in [0.2, 0.25) is 0 Å². The lowest BCUT2D eigenvalue weighted by atomic mass is 10.0. The van der Waals surface area contributed by atoms with Crippen molar-refractivity contribution in [2.45, 2.75) is 34.1 Å². The van der Waals surface area contributed by atoms with E-state index in [4.69, 9.17) is 10.5 Å². The van der Waals surface area contributed by atoms with E-state index >= 15 is 0 Å². The van der Waals surface area contributed by atoms with E-state index in [1.165, 1.54) is 22.4 Å². The highest BCUT2D eigenvalue weighted by atomic mass is 16.5. The van der Waals surface area contributed by atoms with E-state index in [0.717, 1.165) is 25.3 Å². The maximum atomic E-state index is 5.81. The molecule has 0 amide bonds. The van der Waals surface area contributed by atoms with Crippen LogP contribution in [0.15, 0.2) is 6.07 Å². The highest BCUT2D eigenvalue weighted by Gasteiger charge is 2.17. The van der Waals surface area contributed by atoms with Crippen LogP contribution in [0, 0.1) is 26.7 Å². The Bertz CT molecular complexity index is 425. The lowest BCUT2D eigenvalue weighted by molar-refractivity contribution is 0.409. The van der Waals surface area contributed by atoms with Crippen molar-refractivity contribution >= 4 is 5.69 Å². The Hall–Kier alpha value is -1.22. The van der Waals surface area contributed by atoms with Gasteiger partial charge in [-0.1, -0.05) is 19.4 Å². The Balaban J connectivity index is 3.15. The zero-order valence-corrected chi connectivity index (χ0v) is 13.2. The van der Waals surface area contributed by atoms with Crippen LogP contribution in [0.5, 0.6) is 5.75 Å². The first kappa shape index (κ1) is 15.8. The fourth-order valence-corrected chi connectivity index (χ4v) is 2.61. The maximum Gasteiger partial charge on any atom is 0.145 e. The third kappa shape index (κ3) is 3.41. The van der Waals surface area contributed by atoms with Crippen molar-refractivity contribution in [2.75, 3.05) is 32.1 Å². The summed E-state index contributed by atoms with van der Waals surface area (Å²) < 4.78 is 5.63. The maximum absolute atomic E-state index is 5.81. The number of aryl methyl sites for hydroxylation is 2. The number of hydrogen-bond donors (Lipinski definition) is 1. The molecule has 3 nitrogen and oxygen atoms in total. The minimum atomic E-state index is 0.524. The van der Waals surface area contributed by atoms with Gasteiger partial charge < -0.3 is 15.4 Å². The molecule has 19 heavy (non-hydrogen) atoms. The monoisotopic (exact) mass is 264 g/mol. The van der Waals surface area contributed by atoms with Crippen LogP contribution in [-0.4, -0.2) is 27.2 Å². The zero-order chi connectivity index (χ0) is 14.6. The van der Waals surface area contributed by atoms with Gasteiger partial charge in [0.05, 0.1) is 12.8 Å². The standard InChI is InChI=1S/C16H28N2O/c1-7-14(9-17)10-18(5)15-12(3)8-11(2)13(4)16(15)19-6/h8,14H,7,9-10,17H2,1-6H3. The Morgan fingerprint density at radius 3 is 2.37 bits per heavy atom. The van der Waals surface area contributed by atoms with Crippen LogP contribution in [0.3, 0.4) is 0 Å². The van der Waals surface area contributed by atoms with Gasteiger partial charge in [-0.3, -0.25) is 0 Å². The lowest BCUT2D eigenvalue weighted by Gasteiger charge is -2.28. The van der Waals surface area contributed by atoms with Gasteiger partial charge in [-0.15, -0.1) is 0 Å². The lowest BCUT2D eigenvalue weighted by Crippen LogP contribution is -2.30. The molecule has 0 fully saturated rings. The van der Waals surface area contributed by atoms with Gasteiger partial charge in [0, 0.05) is 13.6 Å². The molecule has 0 aliphatic rings. The normalized spacial score (nSPS) is 12.4. The molecule has 1 atom stereocenters. The Morgan fingerprint density at radius 2 is 1.89 bits per heavy atom. The number of nitrogens with two attached hydrogens (primary N) is 1. The number of nitrogens with zero attached hydrogens (tertiary/aromatic N) is 1. The molecule has 0 bridgehead atoms. The summed E-state index contributed by atoms with van der Waals surface area (Å²) in [5.74, 6) is 1.52. The van der Waals surface area contributed by atoms with Crippen LogP contribution in [0.4, 0.5) is 5.69 Å². The number of anilines is 1. The highest BCUT2D eigenvalue weighted by molar-refractivity contribution is 5.67. The van der Waals surface area contributed by atoms with Crippen LogP contribution in [0.1, 0.15) is 30.0 Å². The molecule has 3 heteroatoms. The Labute approximate surface area is 117 Å². The van der Waals surface area contributed by atoms with Gasteiger partial charge in [-0.25, -0.2) is 0 Å². The second kappa shape index (κ2) is 6.80. The smallest absolute Gasteiger partial charge is 0.145 e. The summed E-state index contributed by atoms with van der Waals surface area (Å²) in [6, 6.07) is 2.23. The van der Waals surface area contributed by atoms with Crippen LogP contribution in [0.2, 0.25) is 0 Å². The molecular weight excluding hydrogens is 236 g/mol. The third-order valence-electron chi connectivity index (χ3n) is 3.98. The van der Waals surface area contributed by atoms with E-state index in [9.17, 15) is 0 Å². The van der Waals surface area contributed by atoms with Crippen molar-refractivity contribution in [1.29, 1.82) is 0 Å². The molecule has 0 aromatic heterocycles. The van der Waals surface area contributed by atoms with E-state index in [1.54, 1.807) is 7.11 Å². The SMILES string of the molecule is CCC(CN)CN(C)c1c(C)cc(C)c(C)c1OC. The summed E-state index contributed by atoms with van der Waals surface area (Å²) in [6.45, 7) is 10.3. The fraction of sp³-hybridized carbons (Fsp3) is 0.625. The predicted octanol–water partition coefficient (Wildman–Crippen LogP) is 3.04. The fourth-order valence-electron chi connectivity index (χ4n) is 2.61. The van der Waals surface area contributed by atoms with Gasteiger partial charge >= 0.3 is 0 Å². The second-order valence-corrected chi connectivity index (χ2v) is 5.41. The molecule has 0 heterocycles. The van der Waals surface area contributed by atoms with Crippen molar-refractivity contribution in [3.05, 3.63) is 22.8 Å². The topological polar surface area (TPSA) is 38.5 Å². The summed E-state index contributed by atoms with van der Waals surface area (Å²) in [7, 11) is 3.87. The van der Waals surface area contributed by atoms with Crippen LogP contribution >= 0.6 is 0 Å². The highest BCUT2D eigenvalue weighted by Crippen LogP contribution is 2.36. The summed E-state index contributed by atoms with van der Waals surface area (Å²) in [5, 5.41) is 0.